The van der Waals surface area contributed by atoms with Crippen LogP contribution in [-0.4, -0.2) is 14.4 Å². The Morgan fingerprint density at radius 1 is 0.769 bits per heavy atom. The zero-order chi connectivity index (χ0) is 27.4. The Kier molecular flexibility index (Phi) is 8.84. The lowest BCUT2D eigenvalue weighted by Crippen LogP contribution is -2.23. The molecule has 1 unspecified atom stereocenters. The van der Waals surface area contributed by atoms with Crippen molar-refractivity contribution in [2.75, 3.05) is 6.51 Å². The van der Waals surface area contributed by atoms with Gasteiger partial charge in [-0.2, -0.15) is 4.39 Å². The van der Waals surface area contributed by atoms with Crippen LogP contribution in [0.4, 0.5) is 13.2 Å². The summed E-state index contributed by atoms with van der Waals surface area (Å²) in [4.78, 5) is 0. The highest BCUT2D eigenvalue weighted by molar-refractivity contribution is 6.08. The van der Waals surface area contributed by atoms with Crippen LogP contribution < -0.4 is 4.74 Å². The average molecular weight is 528 g/mol. The van der Waals surface area contributed by atoms with Crippen LogP contribution in [0.2, 0.25) is 0 Å². The number of ether oxygens (including phenoxy) is 1. The molecule has 2 aliphatic rings. The zero-order valence-electron chi connectivity index (χ0n) is 22.7. The molecule has 2 aliphatic carbocycles. The Balaban J connectivity index is 1.25. The van der Waals surface area contributed by atoms with Crippen LogP contribution in [-0.2, 0) is 0 Å². The highest BCUT2D eigenvalue weighted by atomic mass is 19.2. The van der Waals surface area contributed by atoms with Crippen molar-refractivity contribution < 1.29 is 17.9 Å². The summed E-state index contributed by atoms with van der Waals surface area (Å²) in [6.07, 6.45) is 13.8. The standard InChI is InChI=1S/C34H36BF3O/c1-2-3-22-4-6-23(7-5-22)24-8-10-25(11-9-24)28-16-17-29(31(36)20-28)26-12-14-27(15-13-26)30-18-19-32(39-21-35)34(38)33(30)37/h10,12-20,22-24H,2-9,11,21H2,1H3. The molecule has 0 spiro atoms. The minimum absolute atomic E-state index is 0.107. The van der Waals surface area contributed by atoms with E-state index < -0.39 is 11.6 Å². The van der Waals surface area contributed by atoms with E-state index in [1.165, 1.54) is 62.7 Å². The molecule has 1 atom stereocenters. The van der Waals surface area contributed by atoms with E-state index in [-0.39, 0.29) is 23.6 Å². The third-order valence-corrected chi connectivity index (χ3v) is 8.84. The summed E-state index contributed by atoms with van der Waals surface area (Å²) >= 11 is 0. The average Bonchev–Trinajstić information content (AvgIpc) is 2.97. The van der Waals surface area contributed by atoms with E-state index in [9.17, 15) is 8.78 Å². The van der Waals surface area contributed by atoms with Gasteiger partial charge in [-0.1, -0.05) is 75.1 Å². The van der Waals surface area contributed by atoms with Gasteiger partial charge in [-0.05, 0) is 90.3 Å². The molecule has 3 aromatic carbocycles. The first-order chi connectivity index (χ1) is 19.0. The van der Waals surface area contributed by atoms with Crippen LogP contribution in [0.3, 0.4) is 0 Å². The van der Waals surface area contributed by atoms with Crippen molar-refractivity contribution in [3.63, 3.8) is 0 Å². The zero-order valence-corrected chi connectivity index (χ0v) is 22.7. The second-order valence-corrected chi connectivity index (χ2v) is 11.2. The molecule has 5 heteroatoms. The summed E-state index contributed by atoms with van der Waals surface area (Å²) in [5.41, 5.74) is 3.97. The Labute approximate surface area is 231 Å². The number of hydrogen-bond acceptors (Lipinski definition) is 1. The number of benzene rings is 3. The molecular weight excluding hydrogens is 492 g/mol. The highest BCUT2D eigenvalue weighted by Gasteiger charge is 2.28. The fourth-order valence-corrected chi connectivity index (χ4v) is 6.64. The Hall–Kier alpha value is -2.95. The normalized spacial score (nSPS) is 21.4. The van der Waals surface area contributed by atoms with Gasteiger partial charge in [-0.25, -0.2) is 8.78 Å². The van der Waals surface area contributed by atoms with E-state index in [0.29, 0.717) is 16.7 Å². The summed E-state index contributed by atoms with van der Waals surface area (Å²) in [6, 6.07) is 15.1. The molecule has 202 valence electrons. The van der Waals surface area contributed by atoms with E-state index in [0.717, 1.165) is 36.2 Å². The van der Waals surface area contributed by atoms with E-state index in [1.807, 2.05) is 12.1 Å². The Morgan fingerprint density at radius 3 is 2.05 bits per heavy atom. The maximum Gasteiger partial charge on any atom is 0.201 e. The molecule has 1 saturated carbocycles. The maximum atomic E-state index is 15.3. The van der Waals surface area contributed by atoms with E-state index in [4.69, 9.17) is 12.6 Å². The summed E-state index contributed by atoms with van der Waals surface area (Å²) in [7, 11) is 5.26. The van der Waals surface area contributed by atoms with Gasteiger partial charge < -0.3 is 4.74 Å². The smallest absolute Gasteiger partial charge is 0.201 e. The summed E-state index contributed by atoms with van der Waals surface area (Å²) in [5, 5.41) is 0. The van der Waals surface area contributed by atoms with Crippen molar-refractivity contribution >= 4 is 13.4 Å². The molecule has 1 nitrogen and oxygen atoms in total. The topological polar surface area (TPSA) is 9.23 Å². The van der Waals surface area contributed by atoms with Crippen molar-refractivity contribution in [2.45, 2.75) is 64.7 Å². The number of halogens is 3. The molecule has 0 amide bonds. The maximum absolute atomic E-state index is 15.3. The molecule has 2 radical (unpaired) electrons. The summed E-state index contributed by atoms with van der Waals surface area (Å²) in [6.45, 7) is 2.05. The van der Waals surface area contributed by atoms with Crippen molar-refractivity contribution in [3.05, 3.63) is 83.7 Å². The van der Waals surface area contributed by atoms with E-state index in [2.05, 4.69) is 13.0 Å². The molecular formula is C34H36BF3O. The number of rotatable bonds is 8. The van der Waals surface area contributed by atoms with Gasteiger partial charge in [0.05, 0.1) is 0 Å². The lowest BCUT2D eigenvalue weighted by molar-refractivity contribution is 0.189. The van der Waals surface area contributed by atoms with Crippen LogP contribution in [0.15, 0.2) is 60.7 Å². The van der Waals surface area contributed by atoms with Gasteiger partial charge >= 0.3 is 0 Å². The minimum Gasteiger partial charge on any atom is -0.500 e. The Morgan fingerprint density at radius 2 is 1.44 bits per heavy atom. The van der Waals surface area contributed by atoms with E-state index in [1.54, 1.807) is 30.3 Å². The monoisotopic (exact) mass is 528 g/mol. The van der Waals surface area contributed by atoms with Gasteiger partial charge in [0, 0.05) is 17.6 Å². The van der Waals surface area contributed by atoms with Gasteiger partial charge in [-0.3, -0.25) is 0 Å². The second kappa shape index (κ2) is 12.5. The molecule has 0 aliphatic heterocycles. The first kappa shape index (κ1) is 27.6. The van der Waals surface area contributed by atoms with Crippen LogP contribution >= 0.6 is 0 Å². The third kappa shape index (κ3) is 6.13. The van der Waals surface area contributed by atoms with Crippen molar-refractivity contribution in [1.29, 1.82) is 0 Å². The first-order valence-electron chi connectivity index (χ1n) is 14.4. The number of allylic oxidation sites excluding steroid dienone is 2. The van der Waals surface area contributed by atoms with Crippen molar-refractivity contribution in [3.8, 4) is 28.0 Å². The van der Waals surface area contributed by atoms with Crippen LogP contribution in [0.25, 0.3) is 27.8 Å². The van der Waals surface area contributed by atoms with Crippen molar-refractivity contribution in [1.82, 2.24) is 0 Å². The third-order valence-electron chi connectivity index (χ3n) is 8.84. The number of hydrogen-bond donors (Lipinski definition) is 0. The first-order valence-corrected chi connectivity index (χ1v) is 14.4. The fourth-order valence-electron chi connectivity index (χ4n) is 6.64. The molecule has 5 rings (SSSR count). The fraction of sp³-hybridized carbons (Fsp3) is 0.412. The van der Waals surface area contributed by atoms with Gasteiger partial charge in [0.1, 0.15) is 13.7 Å². The SMILES string of the molecule is [B]COc1ccc(-c2ccc(-c3ccc(C4=CCC(C5CCC(CCC)CC5)CC4)cc3F)cc2)c(F)c1F. The van der Waals surface area contributed by atoms with Gasteiger partial charge in [-0.15, -0.1) is 0 Å². The van der Waals surface area contributed by atoms with Crippen LogP contribution in [0.5, 0.6) is 5.75 Å². The second-order valence-electron chi connectivity index (χ2n) is 11.2. The Bertz CT molecular complexity index is 1310. The van der Waals surface area contributed by atoms with Crippen LogP contribution in [0, 0.1) is 35.2 Å². The molecule has 0 heterocycles. The largest absolute Gasteiger partial charge is 0.500 e. The summed E-state index contributed by atoms with van der Waals surface area (Å²) in [5.74, 6) is -0.0378. The van der Waals surface area contributed by atoms with Crippen molar-refractivity contribution in [2.24, 2.45) is 17.8 Å². The minimum atomic E-state index is -1.08. The predicted octanol–water partition coefficient (Wildman–Crippen LogP) is 9.73. The molecule has 0 saturated heterocycles. The molecule has 39 heavy (non-hydrogen) atoms. The molecule has 3 aromatic rings. The van der Waals surface area contributed by atoms with Gasteiger partial charge in [0.25, 0.3) is 0 Å². The molecule has 1 fully saturated rings. The van der Waals surface area contributed by atoms with E-state index >= 15 is 4.39 Å². The summed E-state index contributed by atoms with van der Waals surface area (Å²) < 4.78 is 49.0. The van der Waals surface area contributed by atoms with Gasteiger partial charge in [0.2, 0.25) is 5.82 Å². The molecule has 0 bridgehead atoms. The quantitative estimate of drug-likeness (QED) is 0.265. The highest BCUT2D eigenvalue weighted by Crippen LogP contribution is 2.42. The lowest BCUT2D eigenvalue weighted by Gasteiger charge is -2.35. The predicted molar refractivity (Wildman–Crippen MR) is 154 cm³/mol. The molecule has 0 N–H and O–H groups in total. The van der Waals surface area contributed by atoms with Crippen LogP contribution in [0.1, 0.15) is 70.3 Å². The molecule has 0 aromatic heterocycles. The lowest BCUT2D eigenvalue weighted by atomic mass is 9.70. The van der Waals surface area contributed by atoms with Gasteiger partial charge in [0.15, 0.2) is 11.6 Å².